The summed E-state index contributed by atoms with van der Waals surface area (Å²) in [5.74, 6) is -0.286. The first-order valence-electron chi connectivity index (χ1n) is 35.0. The third-order valence-corrected chi connectivity index (χ3v) is 15.6. The van der Waals surface area contributed by atoms with Gasteiger partial charge in [-0.3, -0.25) is 4.79 Å². The fraction of sp³-hybridized carbons (Fsp3) is 0.603. The maximum absolute atomic E-state index is 13.3. The number of carbonyl (C=O) groups excluding carboxylic acids is 1. The van der Waals surface area contributed by atoms with Crippen LogP contribution in [0.5, 0.6) is 0 Å². The van der Waals surface area contributed by atoms with E-state index < -0.39 is 86.8 Å². The lowest BCUT2D eigenvalue weighted by Crippen LogP contribution is -2.65. The van der Waals surface area contributed by atoms with Gasteiger partial charge in [-0.25, -0.2) is 0 Å². The van der Waals surface area contributed by atoms with E-state index in [4.69, 9.17) is 18.9 Å². The van der Waals surface area contributed by atoms with Gasteiger partial charge in [0.05, 0.1) is 32.0 Å². The summed E-state index contributed by atoms with van der Waals surface area (Å²) >= 11 is 0. The van der Waals surface area contributed by atoms with Crippen LogP contribution < -0.4 is 5.32 Å². The van der Waals surface area contributed by atoms with Gasteiger partial charge in [0, 0.05) is 6.42 Å². The first kappa shape index (κ1) is 83.2. The minimum Gasteiger partial charge on any atom is -0.394 e. The summed E-state index contributed by atoms with van der Waals surface area (Å²) < 4.78 is 22.8. The average Bonchev–Trinajstić information content (AvgIpc) is 0.856. The Labute approximate surface area is 555 Å². The summed E-state index contributed by atoms with van der Waals surface area (Å²) in [5.41, 5.74) is 0. The molecule has 0 saturated carbocycles. The van der Waals surface area contributed by atoms with Crippen molar-refractivity contribution in [3.05, 3.63) is 182 Å². The molecule has 0 aliphatic carbocycles. The highest BCUT2D eigenvalue weighted by molar-refractivity contribution is 5.76. The molecule has 2 aliphatic heterocycles. The van der Waals surface area contributed by atoms with Crippen LogP contribution in [0.4, 0.5) is 0 Å². The van der Waals surface area contributed by atoms with Crippen LogP contribution in [0.3, 0.4) is 0 Å². The Kier molecular flexibility index (Phi) is 54.1. The molecule has 0 aromatic heterocycles. The number of ether oxygens (including phenoxy) is 4. The SMILES string of the molecule is CC/C=C\C/C=C\C/C=C\C/C=C\C/C=C\C/C=C\C/C=C\C/C=C\C/C=C\C/C=C\C/C=C\C/C=C\CCCCCCC(=O)NC(COC1OC(CO)C(OC2OC(CO)C(O)C(O)C2O)C(O)C1O)C(O)/C=C/CC/C=C/CC/C=C/CCCCCCCCC. The fourth-order valence-electron chi connectivity index (χ4n) is 10.0. The number of aliphatic hydroxyl groups is 8. The summed E-state index contributed by atoms with van der Waals surface area (Å²) in [7, 11) is 0. The van der Waals surface area contributed by atoms with Crippen LogP contribution in [0.25, 0.3) is 0 Å². The molecule has 2 heterocycles. The minimum absolute atomic E-state index is 0.228. The minimum atomic E-state index is -1.80. The van der Waals surface area contributed by atoms with Crippen molar-refractivity contribution >= 4 is 5.91 Å². The van der Waals surface area contributed by atoms with Crippen molar-refractivity contribution in [2.45, 2.75) is 280 Å². The zero-order valence-corrected chi connectivity index (χ0v) is 56.2. The first-order valence-corrected chi connectivity index (χ1v) is 35.0. The first-order chi connectivity index (χ1) is 45.1. The molecule has 9 N–H and O–H groups in total. The normalized spacial score (nSPS) is 23.8. The number of amides is 1. The molecule has 12 unspecified atom stereocenters. The average molecular weight is 1280 g/mol. The second-order valence-electron chi connectivity index (χ2n) is 23.5. The van der Waals surface area contributed by atoms with E-state index in [9.17, 15) is 45.6 Å². The van der Waals surface area contributed by atoms with E-state index in [1.165, 1.54) is 44.9 Å². The maximum atomic E-state index is 13.3. The van der Waals surface area contributed by atoms with Crippen LogP contribution >= 0.6 is 0 Å². The Morgan fingerprint density at radius 2 is 0.761 bits per heavy atom. The molecular formula is C78H123NO13. The molecule has 1 amide bonds. The molecule has 92 heavy (non-hydrogen) atoms. The third kappa shape index (κ3) is 43.1. The predicted molar refractivity (Wildman–Crippen MR) is 377 cm³/mol. The van der Waals surface area contributed by atoms with Crippen LogP contribution in [0.2, 0.25) is 0 Å². The van der Waals surface area contributed by atoms with Gasteiger partial charge in [0.15, 0.2) is 12.6 Å². The Morgan fingerprint density at radius 1 is 0.402 bits per heavy atom. The number of hydrogen-bond acceptors (Lipinski definition) is 13. The molecule has 2 saturated heterocycles. The largest absolute Gasteiger partial charge is 0.394 e. The summed E-state index contributed by atoms with van der Waals surface area (Å²) in [6, 6.07) is -0.966. The van der Waals surface area contributed by atoms with Gasteiger partial charge in [-0.2, -0.15) is 0 Å². The van der Waals surface area contributed by atoms with Crippen LogP contribution in [-0.2, 0) is 23.7 Å². The third-order valence-electron chi connectivity index (χ3n) is 15.6. The topological polar surface area (TPSA) is 228 Å². The molecule has 14 nitrogen and oxygen atoms in total. The molecular weight excluding hydrogens is 1160 g/mol. The molecule has 2 aliphatic rings. The molecule has 12 atom stereocenters. The van der Waals surface area contributed by atoms with Gasteiger partial charge in [0.1, 0.15) is 48.8 Å². The fourth-order valence-corrected chi connectivity index (χ4v) is 10.0. The Morgan fingerprint density at radius 3 is 1.20 bits per heavy atom. The van der Waals surface area contributed by atoms with Crippen LogP contribution in [0, 0.1) is 0 Å². The second kappa shape index (κ2) is 59.8. The van der Waals surface area contributed by atoms with Crippen molar-refractivity contribution in [3.63, 3.8) is 0 Å². The van der Waals surface area contributed by atoms with E-state index in [0.717, 1.165) is 128 Å². The number of allylic oxidation sites excluding steroid dienone is 29. The second-order valence-corrected chi connectivity index (χ2v) is 23.5. The van der Waals surface area contributed by atoms with Gasteiger partial charge in [0.25, 0.3) is 0 Å². The van der Waals surface area contributed by atoms with Gasteiger partial charge >= 0.3 is 0 Å². The Bertz CT molecular complexity index is 2250. The highest BCUT2D eigenvalue weighted by atomic mass is 16.7. The molecule has 0 bridgehead atoms. The van der Waals surface area contributed by atoms with Crippen molar-refractivity contribution in [1.29, 1.82) is 0 Å². The lowest BCUT2D eigenvalue weighted by atomic mass is 9.97. The van der Waals surface area contributed by atoms with Crippen molar-refractivity contribution in [3.8, 4) is 0 Å². The van der Waals surface area contributed by atoms with Gasteiger partial charge in [-0.15, -0.1) is 0 Å². The van der Waals surface area contributed by atoms with Crippen molar-refractivity contribution in [1.82, 2.24) is 5.32 Å². The zero-order valence-electron chi connectivity index (χ0n) is 56.2. The quantitative estimate of drug-likeness (QED) is 0.0204. The number of rotatable bonds is 54. The smallest absolute Gasteiger partial charge is 0.220 e. The van der Waals surface area contributed by atoms with Crippen molar-refractivity contribution in [2.75, 3.05) is 19.8 Å². The maximum Gasteiger partial charge on any atom is 0.220 e. The molecule has 2 fully saturated rings. The highest BCUT2D eigenvalue weighted by Gasteiger charge is 2.51. The van der Waals surface area contributed by atoms with Crippen LogP contribution in [-0.4, -0.2) is 140 Å². The van der Waals surface area contributed by atoms with E-state index in [2.05, 4.69) is 189 Å². The lowest BCUT2D eigenvalue weighted by Gasteiger charge is -2.46. The summed E-state index contributed by atoms with van der Waals surface area (Å²) in [6.07, 6.45) is 78.0. The lowest BCUT2D eigenvalue weighted by molar-refractivity contribution is -0.359. The summed E-state index contributed by atoms with van der Waals surface area (Å²) in [5, 5.41) is 87.2. The number of aliphatic hydroxyl groups excluding tert-OH is 8. The van der Waals surface area contributed by atoms with Crippen LogP contribution in [0.15, 0.2) is 182 Å². The van der Waals surface area contributed by atoms with E-state index in [1.807, 2.05) is 6.08 Å². The predicted octanol–water partition coefficient (Wildman–Crippen LogP) is 14.6. The monoisotopic (exact) mass is 1280 g/mol. The molecule has 0 aromatic carbocycles. The molecule has 2 rings (SSSR count). The van der Waals surface area contributed by atoms with E-state index >= 15 is 0 Å². The van der Waals surface area contributed by atoms with E-state index in [1.54, 1.807) is 6.08 Å². The number of carbonyl (C=O) groups is 1. The molecule has 0 aromatic rings. The summed E-state index contributed by atoms with van der Waals surface area (Å²) in [6.45, 7) is 2.61. The van der Waals surface area contributed by atoms with Crippen LogP contribution in [0.1, 0.15) is 206 Å². The van der Waals surface area contributed by atoms with Crippen molar-refractivity contribution in [2.24, 2.45) is 0 Å². The number of hydrogen-bond donors (Lipinski definition) is 9. The van der Waals surface area contributed by atoms with Crippen molar-refractivity contribution < 1.29 is 64.6 Å². The molecule has 0 spiro atoms. The van der Waals surface area contributed by atoms with Gasteiger partial charge < -0.3 is 65.1 Å². The van der Waals surface area contributed by atoms with Gasteiger partial charge in [-0.1, -0.05) is 247 Å². The van der Waals surface area contributed by atoms with E-state index in [0.29, 0.717) is 12.8 Å². The number of nitrogens with one attached hydrogen (secondary N) is 1. The zero-order chi connectivity index (χ0) is 66.6. The standard InChI is InChI=1S/C78H123NO13/c1-3-5-7-9-11-13-15-17-19-21-22-23-24-25-26-27-28-29-30-31-32-33-34-35-36-37-38-39-40-41-42-43-44-46-48-50-52-54-56-58-60-62-70(83)79-66(67(82)61-59-57-55-53-51-49-47-45-20-18-16-14-12-10-8-6-4-2)65-89-77-75(88)73(86)76(69(64-81)91-77)92-78-74(87)72(85)71(84)68(63-80)90-78/h5,7,11,13,17,19-20,22-23,25-26,28-29,31-32,34-35,37-38,40-41,43-45,48,50-51,53,59,61,66-69,71-78,80-82,84-88H,3-4,6,8-10,12,14-16,18,21,24,27,30,33,36,39,42,46-47,49,52,54-58,60,62-65H2,1-2H3,(H,79,83)/b7-5-,13-11-,19-17-,23-22-,26-25-,29-28-,32-31-,35-34-,38-37-,41-40-,44-43-,45-20+,50-48-,53-51+,61-59+. The Balaban J connectivity index is 1.68. The molecule has 14 heteroatoms. The van der Waals surface area contributed by atoms with Gasteiger partial charge in [0.2, 0.25) is 5.91 Å². The number of unbranched alkanes of at least 4 members (excludes halogenated alkanes) is 13. The van der Waals surface area contributed by atoms with E-state index in [-0.39, 0.29) is 18.9 Å². The summed E-state index contributed by atoms with van der Waals surface area (Å²) in [4.78, 5) is 13.3. The van der Waals surface area contributed by atoms with Gasteiger partial charge in [-0.05, 0) is 135 Å². The molecule has 518 valence electrons. The Hall–Kier alpha value is -4.91. The highest BCUT2D eigenvalue weighted by Crippen LogP contribution is 2.30. The molecule has 0 radical (unpaired) electrons.